The first-order valence-electron chi connectivity index (χ1n) is 6.18. The average Bonchev–Trinajstić information content (AvgIpc) is 2.43. The van der Waals surface area contributed by atoms with Gasteiger partial charge in [-0.2, -0.15) is 0 Å². The zero-order chi connectivity index (χ0) is 12.5. The number of hydrogen-bond acceptors (Lipinski definition) is 1. The molecule has 0 atom stereocenters. The van der Waals surface area contributed by atoms with E-state index in [4.69, 9.17) is 4.74 Å². The standard InChI is InChI=1S/C14H14O.C2H6/c1-2-15-14-10-8-13(9-11-14)12-6-4-3-5-7-12;1-2/h3-11H,2H2,1H3;1-2H3. The lowest BCUT2D eigenvalue weighted by Crippen LogP contribution is -1.90. The maximum absolute atomic E-state index is 5.40. The maximum atomic E-state index is 5.40. The van der Waals surface area contributed by atoms with Crippen molar-refractivity contribution in [2.75, 3.05) is 6.61 Å². The fourth-order valence-electron chi connectivity index (χ4n) is 1.54. The lowest BCUT2D eigenvalue weighted by molar-refractivity contribution is 0.340. The summed E-state index contributed by atoms with van der Waals surface area (Å²) in [6.07, 6.45) is 0. The number of hydrogen-bond donors (Lipinski definition) is 0. The Hall–Kier alpha value is -1.76. The minimum absolute atomic E-state index is 0.713. The van der Waals surface area contributed by atoms with Gasteiger partial charge in [0.05, 0.1) is 6.61 Å². The normalized spacial score (nSPS) is 9.12. The number of benzene rings is 2. The molecule has 2 aromatic rings. The summed E-state index contributed by atoms with van der Waals surface area (Å²) >= 11 is 0. The molecular formula is C16H20O. The van der Waals surface area contributed by atoms with Crippen LogP contribution >= 0.6 is 0 Å². The van der Waals surface area contributed by atoms with Crippen molar-refractivity contribution in [3.05, 3.63) is 54.6 Å². The fourth-order valence-corrected chi connectivity index (χ4v) is 1.54. The average molecular weight is 228 g/mol. The number of rotatable bonds is 3. The van der Waals surface area contributed by atoms with E-state index >= 15 is 0 Å². The van der Waals surface area contributed by atoms with Crippen LogP contribution < -0.4 is 4.74 Å². The molecule has 0 aliphatic heterocycles. The molecule has 0 N–H and O–H groups in total. The molecule has 0 fully saturated rings. The molecule has 90 valence electrons. The Balaban J connectivity index is 0.000000686. The van der Waals surface area contributed by atoms with E-state index in [0.29, 0.717) is 6.61 Å². The largest absolute Gasteiger partial charge is 0.494 e. The third-order valence-electron chi connectivity index (χ3n) is 2.27. The van der Waals surface area contributed by atoms with Gasteiger partial charge in [0.1, 0.15) is 5.75 Å². The summed E-state index contributed by atoms with van der Waals surface area (Å²) in [4.78, 5) is 0. The molecule has 0 aromatic heterocycles. The zero-order valence-corrected chi connectivity index (χ0v) is 10.8. The third-order valence-corrected chi connectivity index (χ3v) is 2.27. The van der Waals surface area contributed by atoms with Crippen LogP contribution in [0.25, 0.3) is 11.1 Å². The van der Waals surface area contributed by atoms with E-state index in [9.17, 15) is 0 Å². The first kappa shape index (κ1) is 13.3. The second-order valence-corrected chi connectivity index (χ2v) is 3.32. The molecule has 1 nitrogen and oxygen atoms in total. The molecule has 2 rings (SSSR count). The van der Waals surface area contributed by atoms with Crippen molar-refractivity contribution in [3.63, 3.8) is 0 Å². The molecule has 0 heterocycles. The second kappa shape index (κ2) is 7.50. The van der Waals surface area contributed by atoms with E-state index < -0.39 is 0 Å². The summed E-state index contributed by atoms with van der Waals surface area (Å²) in [5, 5.41) is 0. The SMILES string of the molecule is CC.CCOc1ccc(-c2ccccc2)cc1. The fraction of sp³-hybridized carbons (Fsp3) is 0.250. The van der Waals surface area contributed by atoms with Gasteiger partial charge < -0.3 is 4.74 Å². The Morgan fingerprint density at radius 2 is 1.29 bits per heavy atom. The van der Waals surface area contributed by atoms with Crippen molar-refractivity contribution in [2.45, 2.75) is 20.8 Å². The van der Waals surface area contributed by atoms with Crippen LogP contribution in [0.4, 0.5) is 0 Å². The monoisotopic (exact) mass is 228 g/mol. The van der Waals surface area contributed by atoms with Crippen LogP contribution in [0, 0.1) is 0 Å². The Morgan fingerprint density at radius 3 is 1.82 bits per heavy atom. The van der Waals surface area contributed by atoms with E-state index in [1.165, 1.54) is 11.1 Å². The summed E-state index contributed by atoms with van der Waals surface area (Å²) in [6, 6.07) is 18.5. The van der Waals surface area contributed by atoms with Crippen LogP contribution in [0.3, 0.4) is 0 Å². The van der Waals surface area contributed by atoms with Crippen LogP contribution in [-0.4, -0.2) is 6.61 Å². The van der Waals surface area contributed by atoms with E-state index in [1.54, 1.807) is 0 Å². The topological polar surface area (TPSA) is 9.23 Å². The zero-order valence-electron chi connectivity index (χ0n) is 10.8. The van der Waals surface area contributed by atoms with Crippen LogP contribution in [-0.2, 0) is 0 Å². The van der Waals surface area contributed by atoms with E-state index in [-0.39, 0.29) is 0 Å². The molecule has 0 saturated carbocycles. The smallest absolute Gasteiger partial charge is 0.119 e. The molecule has 2 aromatic carbocycles. The molecule has 1 heteroatoms. The minimum atomic E-state index is 0.713. The molecule has 0 amide bonds. The van der Waals surface area contributed by atoms with Gasteiger partial charge in [-0.3, -0.25) is 0 Å². The van der Waals surface area contributed by atoms with Gasteiger partial charge in [-0.05, 0) is 30.2 Å². The Morgan fingerprint density at radius 1 is 0.765 bits per heavy atom. The summed E-state index contributed by atoms with van der Waals surface area (Å²) in [7, 11) is 0. The van der Waals surface area contributed by atoms with Gasteiger partial charge in [-0.25, -0.2) is 0 Å². The number of ether oxygens (including phenoxy) is 1. The van der Waals surface area contributed by atoms with Crippen LogP contribution in [0.15, 0.2) is 54.6 Å². The van der Waals surface area contributed by atoms with Gasteiger partial charge in [0, 0.05) is 0 Å². The van der Waals surface area contributed by atoms with Crippen LogP contribution in [0.2, 0.25) is 0 Å². The van der Waals surface area contributed by atoms with Gasteiger partial charge in [0.15, 0.2) is 0 Å². The molecule has 0 saturated heterocycles. The van der Waals surface area contributed by atoms with Gasteiger partial charge in [-0.15, -0.1) is 0 Å². The summed E-state index contributed by atoms with van der Waals surface area (Å²) in [5.41, 5.74) is 2.46. The van der Waals surface area contributed by atoms with Crippen LogP contribution in [0.5, 0.6) is 5.75 Å². The molecule has 0 spiro atoms. The van der Waals surface area contributed by atoms with Gasteiger partial charge >= 0.3 is 0 Å². The third kappa shape index (κ3) is 3.95. The predicted molar refractivity (Wildman–Crippen MR) is 74.4 cm³/mol. The highest BCUT2D eigenvalue weighted by Gasteiger charge is 1.96. The minimum Gasteiger partial charge on any atom is -0.494 e. The van der Waals surface area contributed by atoms with Gasteiger partial charge in [0.25, 0.3) is 0 Å². The lowest BCUT2D eigenvalue weighted by atomic mass is 10.1. The highest BCUT2D eigenvalue weighted by atomic mass is 16.5. The quantitative estimate of drug-likeness (QED) is 0.734. The van der Waals surface area contributed by atoms with E-state index in [0.717, 1.165) is 5.75 Å². The lowest BCUT2D eigenvalue weighted by Gasteiger charge is -2.04. The molecule has 0 radical (unpaired) electrons. The Labute approximate surface area is 104 Å². The highest BCUT2D eigenvalue weighted by molar-refractivity contribution is 5.63. The van der Waals surface area contributed by atoms with Gasteiger partial charge in [-0.1, -0.05) is 56.3 Å². The summed E-state index contributed by atoms with van der Waals surface area (Å²) in [5.74, 6) is 0.928. The molecule has 17 heavy (non-hydrogen) atoms. The molecule has 0 aliphatic rings. The Kier molecular flexibility index (Phi) is 5.87. The molecule has 0 aliphatic carbocycles. The molecule has 0 bridgehead atoms. The first-order chi connectivity index (χ1) is 8.40. The molecular weight excluding hydrogens is 208 g/mol. The maximum Gasteiger partial charge on any atom is 0.119 e. The Bertz CT molecular complexity index is 403. The van der Waals surface area contributed by atoms with Crippen molar-refractivity contribution in [2.24, 2.45) is 0 Å². The van der Waals surface area contributed by atoms with Crippen molar-refractivity contribution >= 4 is 0 Å². The predicted octanol–water partition coefficient (Wildman–Crippen LogP) is 4.78. The van der Waals surface area contributed by atoms with Crippen molar-refractivity contribution in [1.82, 2.24) is 0 Å². The van der Waals surface area contributed by atoms with Crippen molar-refractivity contribution in [1.29, 1.82) is 0 Å². The first-order valence-corrected chi connectivity index (χ1v) is 6.18. The van der Waals surface area contributed by atoms with Crippen molar-refractivity contribution in [3.8, 4) is 16.9 Å². The van der Waals surface area contributed by atoms with Crippen LogP contribution in [0.1, 0.15) is 20.8 Å². The highest BCUT2D eigenvalue weighted by Crippen LogP contribution is 2.21. The molecule has 0 unspecified atom stereocenters. The van der Waals surface area contributed by atoms with Gasteiger partial charge in [0.2, 0.25) is 0 Å². The summed E-state index contributed by atoms with van der Waals surface area (Å²) in [6.45, 7) is 6.70. The van der Waals surface area contributed by atoms with E-state index in [2.05, 4.69) is 24.3 Å². The van der Waals surface area contributed by atoms with Crippen molar-refractivity contribution < 1.29 is 4.74 Å². The summed E-state index contributed by atoms with van der Waals surface area (Å²) < 4.78 is 5.40. The van der Waals surface area contributed by atoms with E-state index in [1.807, 2.05) is 51.1 Å². The second-order valence-electron chi connectivity index (χ2n) is 3.32.